The molecule has 0 bridgehead atoms. The summed E-state index contributed by atoms with van der Waals surface area (Å²) in [5.74, 6) is -0.0434. The fraction of sp³-hybridized carbons (Fsp3) is 0.316. The van der Waals surface area contributed by atoms with Crippen molar-refractivity contribution >= 4 is 29.7 Å². The molecule has 0 aliphatic carbocycles. The van der Waals surface area contributed by atoms with E-state index in [1.54, 1.807) is 29.8 Å². The number of carbonyl (C=O) groups is 2. The van der Waals surface area contributed by atoms with Crippen molar-refractivity contribution < 1.29 is 14.3 Å². The van der Waals surface area contributed by atoms with Crippen molar-refractivity contribution in [3.8, 4) is 11.8 Å². The third-order valence-electron chi connectivity index (χ3n) is 3.51. The summed E-state index contributed by atoms with van der Waals surface area (Å²) in [5.41, 5.74) is 1.49. The minimum absolute atomic E-state index is 0.0197. The Hall–Kier alpha value is -2.52. The predicted octanol–water partition coefficient (Wildman–Crippen LogP) is 3.82. The smallest absolute Gasteiger partial charge is 0.308 e. The number of amides is 1. The average Bonchev–Trinajstić information content (AvgIpc) is 2.51. The number of esters is 1. The lowest BCUT2D eigenvalue weighted by atomic mass is 9.85. The van der Waals surface area contributed by atoms with Crippen LogP contribution in [0.3, 0.4) is 0 Å². The van der Waals surface area contributed by atoms with Gasteiger partial charge in [0.1, 0.15) is 12.3 Å². The second-order valence-electron chi connectivity index (χ2n) is 6.60. The Labute approximate surface area is 152 Å². The van der Waals surface area contributed by atoms with E-state index in [1.165, 1.54) is 23.6 Å². The lowest BCUT2D eigenvalue weighted by Crippen LogP contribution is -2.28. The van der Waals surface area contributed by atoms with Crippen molar-refractivity contribution in [3.05, 3.63) is 45.8 Å². The van der Waals surface area contributed by atoms with E-state index in [0.717, 1.165) is 11.1 Å². The van der Waals surface area contributed by atoms with Crippen molar-refractivity contribution in [2.45, 2.75) is 33.1 Å². The molecule has 0 saturated carbocycles. The van der Waals surface area contributed by atoms with Gasteiger partial charge in [0.05, 0.1) is 11.0 Å². The molecule has 1 aliphatic heterocycles. The van der Waals surface area contributed by atoms with E-state index >= 15 is 0 Å². The molecule has 0 atom stereocenters. The Morgan fingerprint density at radius 1 is 1.40 bits per heavy atom. The van der Waals surface area contributed by atoms with Gasteiger partial charge in [-0.2, -0.15) is 5.26 Å². The van der Waals surface area contributed by atoms with Crippen LogP contribution in [0.2, 0.25) is 0 Å². The van der Waals surface area contributed by atoms with Crippen molar-refractivity contribution in [1.29, 1.82) is 5.26 Å². The van der Waals surface area contributed by atoms with Crippen LogP contribution in [0.1, 0.15) is 38.8 Å². The summed E-state index contributed by atoms with van der Waals surface area (Å²) in [7, 11) is 0. The molecular weight excluding hydrogens is 336 g/mol. The maximum atomic E-state index is 12.4. The van der Waals surface area contributed by atoms with Crippen LogP contribution in [0.15, 0.2) is 34.7 Å². The van der Waals surface area contributed by atoms with Crippen LogP contribution in [0.5, 0.6) is 5.75 Å². The first kappa shape index (κ1) is 18.8. The Kier molecular flexibility index (Phi) is 5.70. The number of ether oxygens (including phenoxy) is 1. The molecule has 5 nitrogen and oxygen atoms in total. The Morgan fingerprint density at radius 3 is 2.72 bits per heavy atom. The summed E-state index contributed by atoms with van der Waals surface area (Å²) in [5, 5.41) is 10.6. The predicted molar refractivity (Wildman–Crippen MR) is 98.5 cm³/mol. The number of thioether (sulfide) groups is 1. The number of nitriles is 1. The lowest BCUT2D eigenvalue weighted by molar-refractivity contribution is -0.132. The van der Waals surface area contributed by atoms with Gasteiger partial charge in [-0.3, -0.25) is 9.59 Å². The zero-order valence-electron chi connectivity index (χ0n) is 14.7. The third kappa shape index (κ3) is 4.74. The fourth-order valence-electron chi connectivity index (χ4n) is 2.35. The number of benzene rings is 1. The Morgan fingerprint density at radius 2 is 2.12 bits per heavy atom. The van der Waals surface area contributed by atoms with Crippen LogP contribution < -0.4 is 4.74 Å². The van der Waals surface area contributed by atoms with Gasteiger partial charge in [0.2, 0.25) is 0 Å². The van der Waals surface area contributed by atoms with Crippen LogP contribution in [-0.2, 0) is 15.0 Å². The van der Waals surface area contributed by atoms with Gasteiger partial charge < -0.3 is 9.64 Å². The molecule has 0 radical (unpaired) electrons. The standard InChI is InChI=1S/C19H20N2O3S/c1-13(22)24-16-6-5-14(11-15(16)19(2,3)4)12-17-18(23)21(8-7-20)9-10-25-17/h5-6,9-12H,8H2,1-4H3. The number of hydrogen-bond donors (Lipinski definition) is 0. The minimum Gasteiger partial charge on any atom is -0.426 e. The van der Waals surface area contributed by atoms with Gasteiger partial charge in [-0.1, -0.05) is 38.6 Å². The normalized spacial score (nSPS) is 16.0. The highest BCUT2D eigenvalue weighted by atomic mass is 32.2. The molecule has 2 rings (SSSR count). The molecule has 0 fully saturated rings. The van der Waals surface area contributed by atoms with E-state index < -0.39 is 0 Å². The first-order valence-electron chi connectivity index (χ1n) is 7.78. The molecule has 1 heterocycles. The fourth-order valence-corrected chi connectivity index (χ4v) is 3.13. The number of hydrogen-bond acceptors (Lipinski definition) is 5. The topological polar surface area (TPSA) is 70.4 Å². The van der Waals surface area contributed by atoms with Crippen molar-refractivity contribution in [3.63, 3.8) is 0 Å². The van der Waals surface area contributed by atoms with Gasteiger partial charge in [0, 0.05) is 18.7 Å². The molecule has 0 saturated heterocycles. The molecule has 0 N–H and O–H groups in total. The van der Waals surface area contributed by atoms with Crippen molar-refractivity contribution in [1.82, 2.24) is 4.90 Å². The summed E-state index contributed by atoms with van der Waals surface area (Å²) >= 11 is 1.32. The summed E-state index contributed by atoms with van der Waals surface area (Å²) in [6.07, 6.45) is 3.39. The number of nitrogens with zero attached hydrogens (tertiary/aromatic N) is 2. The van der Waals surface area contributed by atoms with Crippen LogP contribution in [0.25, 0.3) is 6.08 Å². The van der Waals surface area contributed by atoms with E-state index in [1.807, 2.05) is 32.9 Å². The molecule has 25 heavy (non-hydrogen) atoms. The third-order valence-corrected chi connectivity index (χ3v) is 4.32. The SMILES string of the molecule is CC(=O)Oc1ccc(C=C2SC=CN(CC#N)C2=O)cc1C(C)(C)C. The van der Waals surface area contributed by atoms with Crippen LogP contribution in [-0.4, -0.2) is 23.3 Å². The number of rotatable bonds is 3. The lowest BCUT2D eigenvalue weighted by Gasteiger charge is -2.23. The van der Waals surface area contributed by atoms with Gasteiger partial charge in [0.25, 0.3) is 5.91 Å². The maximum absolute atomic E-state index is 12.4. The zero-order chi connectivity index (χ0) is 18.6. The highest BCUT2D eigenvalue weighted by Gasteiger charge is 2.22. The zero-order valence-corrected chi connectivity index (χ0v) is 15.5. The number of carbonyl (C=O) groups excluding carboxylic acids is 2. The van der Waals surface area contributed by atoms with Gasteiger partial charge in [-0.05, 0) is 34.6 Å². The molecule has 0 aromatic heterocycles. The molecule has 1 amide bonds. The maximum Gasteiger partial charge on any atom is 0.308 e. The van der Waals surface area contributed by atoms with Gasteiger partial charge in [0.15, 0.2) is 0 Å². The van der Waals surface area contributed by atoms with Gasteiger partial charge in [-0.25, -0.2) is 0 Å². The minimum atomic E-state index is -0.369. The Balaban J connectivity index is 2.40. The van der Waals surface area contributed by atoms with E-state index in [-0.39, 0.29) is 23.8 Å². The summed E-state index contributed by atoms with van der Waals surface area (Å²) < 4.78 is 5.30. The highest BCUT2D eigenvalue weighted by molar-refractivity contribution is 8.06. The first-order valence-corrected chi connectivity index (χ1v) is 8.66. The van der Waals surface area contributed by atoms with Crippen molar-refractivity contribution in [2.24, 2.45) is 0 Å². The summed E-state index contributed by atoms with van der Waals surface area (Å²) in [4.78, 5) is 25.6. The molecular formula is C19H20N2O3S. The van der Waals surface area contributed by atoms with Gasteiger partial charge >= 0.3 is 5.97 Å². The van der Waals surface area contributed by atoms with E-state index in [0.29, 0.717) is 10.7 Å². The molecule has 6 heteroatoms. The molecule has 0 unspecified atom stereocenters. The van der Waals surface area contributed by atoms with Crippen LogP contribution in [0, 0.1) is 11.3 Å². The van der Waals surface area contributed by atoms with Gasteiger partial charge in [-0.15, -0.1) is 0 Å². The molecule has 1 aromatic rings. The van der Waals surface area contributed by atoms with E-state index in [9.17, 15) is 9.59 Å². The van der Waals surface area contributed by atoms with Crippen LogP contribution in [0.4, 0.5) is 0 Å². The van der Waals surface area contributed by atoms with E-state index in [2.05, 4.69) is 0 Å². The molecule has 130 valence electrons. The second kappa shape index (κ2) is 7.58. The first-order chi connectivity index (χ1) is 11.7. The second-order valence-corrected chi connectivity index (χ2v) is 7.55. The molecule has 1 aliphatic rings. The monoisotopic (exact) mass is 356 g/mol. The quantitative estimate of drug-likeness (QED) is 0.356. The summed E-state index contributed by atoms with van der Waals surface area (Å²) in [6.45, 7) is 7.49. The van der Waals surface area contributed by atoms with Crippen LogP contribution >= 0.6 is 11.8 Å². The Bertz CT molecular complexity index is 798. The molecule has 1 aromatic carbocycles. The average molecular weight is 356 g/mol. The highest BCUT2D eigenvalue weighted by Crippen LogP contribution is 2.34. The van der Waals surface area contributed by atoms with Crippen molar-refractivity contribution in [2.75, 3.05) is 6.54 Å². The summed E-state index contributed by atoms with van der Waals surface area (Å²) in [6, 6.07) is 7.45. The molecule has 0 spiro atoms. The van der Waals surface area contributed by atoms with E-state index in [4.69, 9.17) is 10.00 Å². The largest absolute Gasteiger partial charge is 0.426 e.